The Morgan fingerprint density at radius 2 is 2.21 bits per heavy atom. The molecule has 0 radical (unpaired) electrons. The highest BCUT2D eigenvalue weighted by Gasteiger charge is 2.32. The van der Waals surface area contributed by atoms with Gasteiger partial charge in [0.05, 0.1) is 7.11 Å². The smallest absolute Gasteiger partial charge is 0.165 e. The van der Waals surface area contributed by atoms with Gasteiger partial charge in [0.1, 0.15) is 0 Å². The maximum absolute atomic E-state index is 13.7. The van der Waals surface area contributed by atoms with Crippen molar-refractivity contribution in [3.63, 3.8) is 0 Å². The lowest BCUT2D eigenvalue weighted by molar-refractivity contribution is 0.142. The van der Waals surface area contributed by atoms with Crippen molar-refractivity contribution >= 4 is 0 Å². The van der Waals surface area contributed by atoms with Gasteiger partial charge in [-0.25, -0.2) is 4.39 Å². The van der Waals surface area contributed by atoms with Crippen LogP contribution in [0.5, 0.6) is 5.75 Å². The third-order valence-corrected chi connectivity index (χ3v) is 4.41. The van der Waals surface area contributed by atoms with Gasteiger partial charge in [-0.05, 0) is 55.6 Å². The molecular formula is C15H21FN2O. The zero-order chi connectivity index (χ0) is 13.2. The molecule has 3 rings (SSSR count). The molecule has 0 bridgehead atoms. The van der Waals surface area contributed by atoms with Crippen molar-refractivity contribution in [3.8, 4) is 5.75 Å². The van der Waals surface area contributed by atoms with E-state index in [1.165, 1.54) is 20.1 Å². The average Bonchev–Trinajstić information content (AvgIpc) is 2.86. The Labute approximate surface area is 113 Å². The van der Waals surface area contributed by atoms with Gasteiger partial charge in [-0.15, -0.1) is 0 Å². The van der Waals surface area contributed by atoms with Crippen molar-refractivity contribution in [2.24, 2.45) is 11.8 Å². The molecular weight excluding hydrogens is 243 g/mol. The lowest BCUT2D eigenvalue weighted by Crippen LogP contribution is -2.39. The molecule has 2 heterocycles. The van der Waals surface area contributed by atoms with E-state index >= 15 is 0 Å². The molecule has 4 heteroatoms. The van der Waals surface area contributed by atoms with Crippen LogP contribution in [0.15, 0.2) is 18.2 Å². The molecule has 0 aromatic heterocycles. The topological polar surface area (TPSA) is 24.5 Å². The largest absolute Gasteiger partial charge is 0.494 e. The van der Waals surface area contributed by atoms with E-state index in [1.54, 1.807) is 12.1 Å². The predicted octanol–water partition coefficient (Wildman–Crippen LogP) is 1.88. The van der Waals surface area contributed by atoms with Crippen molar-refractivity contribution in [2.45, 2.75) is 13.0 Å². The van der Waals surface area contributed by atoms with Gasteiger partial charge in [-0.1, -0.05) is 6.07 Å². The van der Waals surface area contributed by atoms with Gasteiger partial charge in [-0.3, -0.25) is 4.90 Å². The van der Waals surface area contributed by atoms with Crippen LogP contribution in [-0.2, 0) is 6.54 Å². The summed E-state index contributed by atoms with van der Waals surface area (Å²) in [6, 6.07) is 5.27. The van der Waals surface area contributed by atoms with Gasteiger partial charge in [0.15, 0.2) is 11.6 Å². The van der Waals surface area contributed by atoms with Gasteiger partial charge >= 0.3 is 0 Å². The van der Waals surface area contributed by atoms with Crippen molar-refractivity contribution in [2.75, 3.05) is 33.3 Å². The van der Waals surface area contributed by atoms with Crippen LogP contribution < -0.4 is 10.1 Å². The molecule has 19 heavy (non-hydrogen) atoms. The van der Waals surface area contributed by atoms with E-state index in [0.717, 1.165) is 43.6 Å². The van der Waals surface area contributed by atoms with E-state index in [4.69, 9.17) is 4.74 Å². The first-order chi connectivity index (χ1) is 9.26. The molecule has 2 aliphatic rings. The van der Waals surface area contributed by atoms with Gasteiger partial charge < -0.3 is 10.1 Å². The highest BCUT2D eigenvalue weighted by atomic mass is 19.1. The number of nitrogens with one attached hydrogen (secondary N) is 1. The lowest BCUT2D eigenvalue weighted by Gasteiger charge is -2.34. The summed E-state index contributed by atoms with van der Waals surface area (Å²) < 4.78 is 18.6. The van der Waals surface area contributed by atoms with E-state index in [-0.39, 0.29) is 5.82 Å². The van der Waals surface area contributed by atoms with Gasteiger partial charge in [-0.2, -0.15) is 0 Å². The number of hydrogen-bond donors (Lipinski definition) is 1. The number of benzene rings is 1. The van der Waals surface area contributed by atoms with Crippen LogP contribution in [-0.4, -0.2) is 38.2 Å². The van der Waals surface area contributed by atoms with E-state index in [0.29, 0.717) is 5.75 Å². The molecule has 2 aliphatic heterocycles. The number of piperidine rings is 1. The average molecular weight is 264 g/mol. The Bertz CT molecular complexity index is 452. The minimum Gasteiger partial charge on any atom is -0.494 e. The third-order valence-electron chi connectivity index (χ3n) is 4.41. The van der Waals surface area contributed by atoms with Gasteiger partial charge in [0, 0.05) is 13.1 Å². The molecule has 0 spiro atoms. The van der Waals surface area contributed by atoms with Gasteiger partial charge in [0.25, 0.3) is 0 Å². The fourth-order valence-electron chi connectivity index (χ4n) is 3.32. The minimum atomic E-state index is -0.266. The molecule has 0 aliphatic carbocycles. The van der Waals surface area contributed by atoms with Crippen molar-refractivity contribution in [1.82, 2.24) is 10.2 Å². The quantitative estimate of drug-likeness (QED) is 0.902. The van der Waals surface area contributed by atoms with Crippen LogP contribution in [0.3, 0.4) is 0 Å². The number of fused-ring (bicyclic) bond motifs is 1. The third kappa shape index (κ3) is 2.74. The molecule has 2 saturated heterocycles. The second-order valence-corrected chi connectivity index (χ2v) is 5.67. The molecule has 2 unspecified atom stereocenters. The number of methoxy groups -OCH3 is 1. The summed E-state index contributed by atoms with van der Waals surface area (Å²) in [5.74, 6) is 1.68. The molecule has 1 N–H and O–H groups in total. The molecule has 1 aromatic carbocycles. The summed E-state index contributed by atoms with van der Waals surface area (Å²) >= 11 is 0. The van der Waals surface area contributed by atoms with Crippen LogP contribution in [0, 0.1) is 17.7 Å². The highest BCUT2D eigenvalue weighted by Crippen LogP contribution is 2.27. The Balaban J connectivity index is 1.63. The molecule has 3 nitrogen and oxygen atoms in total. The van der Waals surface area contributed by atoms with Crippen LogP contribution in [0.2, 0.25) is 0 Å². The number of likely N-dealkylation sites (tertiary alicyclic amines) is 1. The summed E-state index contributed by atoms with van der Waals surface area (Å²) in [4.78, 5) is 2.44. The predicted molar refractivity (Wildman–Crippen MR) is 72.7 cm³/mol. The summed E-state index contributed by atoms with van der Waals surface area (Å²) in [7, 11) is 1.50. The SMILES string of the molecule is COc1ccc(CN2CCC3CNCC3C2)cc1F. The molecule has 0 amide bonds. The van der Waals surface area contributed by atoms with E-state index in [2.05, 4.69) is 10.2 Å². The molecule has 0 saturated carbocycles. The number of halogens is 1. The van der Waals surface area contributed by atoms with Crippen molar-refractivity contribution in [1.29, 1.82) is 0 Å². The van der Waals surface area contributed by atoms with Crippen molar-refractivity contribution in [3.05, 3.63) is 29.6 Å². The summed E-state index contributed by atoms with van der Waals surface area (Å²) in [6.07, 6.45) is 1.26. The molecule has 1 aromatic rings. The monoisotopic (exact) mass is 264 g/mol. The van der Waals surface area contributed by atoms with Crippen LogP contribution in [0.4, 0.5) is 4.39 Å². The number of rotatable bonds is 3. The van der Waals surface area contributed by atoms with Gasteiger partial charge in [0.2, 0.25) is 0 Å². The van der Waals surface area contributed by atoms with E-state index in [9.17, 15) is 4.39 Å². The van der Waals surface area contributed by atoms with Crippen LogP contribution in [0.25, 0.3) is 0 Å². The Morgan fingerprint density at radius 3 is 3.00 bits per heavy atom. The first-order valence-corrected chi connectivity index (χ1v) is 7.02. The van der Waals surface area contributed by atoms with Crippen LogP contribution >= 0.6 is 0 Å². The summed E-state index contributed by atoms with van der Waals surface area (Å²) in [6.45, 7) is 5.40. The van der Waals surface area contributed by atoms with Crippen LogP contribution in [0.1, 0.15) is 12.0 Å². The standard InChI is InChI=1S/C15H21FN2O/c1-19-15-3-2-11(6-14(15)16)9-18-5-4-12-7-17-8-13(12)10-18/h2-3,6,12-13,17H,4-5,7-10H2,1H3. The maximum Gasteiger partial charge on any atom is 0.165 e. The fourth-order valence-corrected chi connectivity index (χ4v) is 3.32. The Kier molecular flexibility index (Phi) is 3.71. The van der Waals surface area contributed by atoms with E-state index in [1.807, 2.05) is 6.07 Å². The molecule has 104 valence electrons. The zero-order valence-corrected chi connectivity index (χ0v) is 11.4. The lowest BCUT2D eigenvalue weighted by atomic mass is 9.88. The highest BCUT2D eigenvalue weighted by molar-refractivity contribution is 5.29. The van der Waals surface area contributed by atoms with E-state index < -0.39 is 0 Å². The number of nitrogens with zero attached hydrogens (tertiary/aromatic N) is 1. The second kappa shape index (κ2) is 5.47. The zero-order valence-electron chi connectivity index (χ0n) is 11.4. The molecule has 2 atom stereocenters. The minimum absolute atomic E-state index is 0.266. The first kappa shape index (κ1) is 12.9. The van der Waals surface area contributed by atoms with Crippen molar-refractivity contribution < 1.29 is 9.13 Å². The second-order valence-electron chi connectivity index (χ2n) is 5.67. The normalized spacial score (nSPS) is 27.3. The summed E-state index contributed by atoms with van der Waals surface area (Å²) in [5.41, 5.74) is 1.03. The molecule has 2 fully saturated rings. The number of ether oxygens (including phenoxy) is 1. The summed E-state index contributed by atoms with van der Waals surface area (Å²) in [5, 5.41) is 3.47. The maximum atomic E-state index is 13.7. The fraction of sp³-hybridized carbons (Fsp3) is 0.600. The Morgan fingerprint density at radius 1 is 1.37 bits per heavy atom. The first-order valence-electron chi connectivity index (χ1n) is 7.02. The number of hydrogen-bond acceptors (Lipinski definition) is 3. The Hall–Kier alpha value is -1.13.